The minimum absolute atomic E-state index is 0.0936. The molecule has 0 saturated carbocycles. The molecule has 0 saturated heterocycles. The molecule has 1 atom stereocenters. The first-order valence-corrected chi connectivity index (χ1v) is 10.1. The van der Waals surface area contributed by atoms with Gasteiger partial charge in [-0.1, -0.05) is 30.0 Å². The average molecular weight is 392 g/mol. The second kappa shape index (κ2) is 7.59. The molecule has 28 heavy (non-hydrogen) atoms. The highest BCUT2D eigenvalue weighted by molar-refractivity contribution is 8.00. The summed E-state index contributed by atoms with van der Waals surface area (Å²) in [5.41, 5.74) is 3.60. The van der Waals surface area contributed by atoms with Crippen molar-refractivity contribution < 1.29 is 4.79 Å². The molecular formula is C21H21N5OS. The Bertz CT molecular complexity index is 1130. The number of ketones is 1. The number of fused-ring (bicyclic) bond motifs is 1. The third kappa shape index (κ3) is 3.22. The molecule has 142 valence electrons. The summed E-state index contributed by atoms with van der Waals surface area (Å²) in [4.78, 5) is 20.6. The molecule has 3 aromatic heterocycles. The molecule has 7 heteroatoms. The predicted molar refractivity (Wildman–Crippen MR) is 112 cm³/mol. The van der Waals surface area contributed by atoms with Gasteiger partial charge in [-0.3, -0.25) is 9.78 Å². The van der Waals surface area contributed by atoms with Crippen LogP contribution in [-0.2, 0) is 6.54 Å². The third-order valence-electron chi connectivity index (χ3n) is 4.76. The average Bonchev–Trinajstić information content (AvgIpc) is 3.27. The number of benzene rings is 1. The Morgan fingerprint density at radius 2 is 1.93 bits per heavy atom. The number of aromatic nitrogens is 5. The Morgan fingerprint density at radius 1 is 1.18 bits per heavy atom. The fourth-order valence-electron chi connectivity index (χ4n) is 3.38. The van der Waals surface area contributed by atoms with Crippen LogP contribution >= 0.6 is 11.8 Å². The van der Waals surface area contributed by atoms with Gasteiger partial charge in [-0.15, -0.1) is 10.2 Å². The summed E-state index contributed by atoms with van der Waals surface area (Å²) in [7, 11) is 0. The molecule has 1 N–H and O–H groups in total. The van der Waals surface area contributed by atoms with E-state index in [-0.39, 0.29) is 11.0 Å². The van der Waals surface area contributed by atoms with E-state index in [2.05, 4.69) is 27.1 Å². The molecule has 0 aliphatic heterocycles. The lowest BCUT2D eigenvalue weighted by molar-refractivity contribution is 0.0995. The van der Waals surface area contributed by atoms with Gasteiger partial charge in [0, 0.05) is 46.7 Å². The fourth-order valence-corrected chi connectivity index (χ4v) is 4.36. The molecule has 4 rings (SSSR count). The summed E-state index contributed by atoms with van der Waals surface area (Å²) in [5, 5.41) is 10.1. The number of rotatable bonds is 6. The highest BCUT2D eigenvalue weighted by Crippen LogP contribution is 2.31. The Morgan fingerprint density at radius 3 is 2.68 bits per heavy atom. The number of Topliss-reactive ketones (excluding diaryl/α,β-unsaturated/α-hetero) is 1. The minimum atomic E-state index is -0.280. The molecule has 0 fully saturated rings. The van der Waals surface area contributed by atoms with Crippen molar-refractivity contribution in [2.75, 3.05) is 0 Å². The van der Waals surface area contributed by atoms with E-state index in [4.69, 9.17) is 0 Å². The predicted octanol–water partition coefficient (Wildman–Crippen LogP) is 4.51. The number of aromatic amines is 1. The number of thioether (sulfide) groups is 1. The summed E-state index contributed by atoms with van der Waals surface area (Å²) >= 11 is 1.44. The zero-order chi connectivity index (χ0) is 19.7. The Kier molecular flexibility index (Phi) is 5.00. The molecule has 0 aliphatic rings. The quantitative estimate of drug-likeness (QED) is 0.386. The molecular weight excluding hydrogens is 370 g/mol. The number of nitrogens with zero attached hydrogens (tertiary/aromatic N) is 4. The van der Waals surface area contributed by atoms with Crippen LogP contribution in [-0.4, -0.2) is 35.8 Å². The largest absolute Gasteiger partial charge is 0.358 e. The number of hydrogen-bond acceptors (Lipinski definition) is 5. The molecule has 0 radical (unpaired) electrons. The number of carbonyl (C=O) groups is 1. The maximum Gasteiger partial charge on any atom is 0.192 e. The van der Waals surface area contributed by atoms with Gasteiger partial charge < -0.3 is 9.55 Å². The number of nitrogens with one attached hydrogen (secondary N) is 1. The van der Waals surface area contributed by atoms with Gasteiger partial charge in [-0.2, -0.15) is 0 Å². The Labute approximate surface area is 167 Å². The number of H-pyrrole nitrogens is 1. The first kappa shape index (κ1) is 18.4. The molecule has 3 heterocycles. The summed E-state index contributed by atoms with van der Waals surface area (Å²) in [6.45, 7) is 6.64. The lowest BCUT2D eigenvalue weighted by Crippen LogP contribution is -2.15. The number of aryl methyl sites for hydroxylation is 1. The zero-order valence-electron chi connectivity index (χ0n) is 16.0. The van der Waals surface area contributed by atoms with Gasteiger partial charge in [0.2, 0.25) is 0 Å². The summed E-state index contributed by atoms with van der Waals surface area (Å²) < 4.78 is 2.03. The Hall–Kier alpha value is -2.93. The summed E-state index contributed by atoms with van der Waals surface area (Å²) in [6.07, 6.45) is 3.48. The number of carbonyl (C=O) groups excluding carboxylic acids is 1. The van der Waals surface area contributed by atoms with Crippen molar-refractivity contribution in [3.63, 3.8) is 0 Å². The highest BCUT2D eigenvalue weighted by Gasteiger charge is 2.25. The molecule has 0 bridgehead atoms. The van der Waals surface area contributed by atoms with E-state index < -0.39 is 0 Å². The van der Waals surface area contributed by atoms with Gasteiger partial charge in [-0.25, -0.2) is 0 Å². The topological polar surface area (TPSA) is 76.5 Å². The van der Waals surface area contributed by atoms with Gasteiger partial charge in [0.1, 0.15) is 0 Å². The van der Waals surface area contributed by atoms with E-state index in [9.17, 15) is 4.79 Å². The van der Waals surface area contributed by atoms with E-state index in [0.29, 0.717) is 0 Å². The maximum atomic E-state index is 13.2. The second-order valence-corrected chi connectivity index (χ2v) is 7.89. The highest BCUT2D eigenvalue weighted by atomic mass is 32.2. The summed E-state index contributed by atoms with van der Waals surface area (Å²) in [6, 6.07) is 11.7. The van der Waals surface area contributed by atoms with Gasteiger partial charge in [0.05, 0.1) is 5.25 Å². The molecule has 0 amide bonds. The number of pyridine rings is 1. The summed E-state index contributed by atoms with van der Waals surface area (Å²) in [5.74, 6) is 0.881. The number of hydrogen-bond donors (Lipinski definition) is 1. The van der Waals surface area contributed by atoms with E-state index >= 15 is 0 Å². The molecule has 0 unspecified atom stereocenters. The molecule has 6 nitrogen and oxygen atoms in total. The smallest absolute Gasteiger partial charge is 0.192 e. The van der Waals surface area contributed by atoms with Crippen LogP contribution in [0, 0.1) is 6.92 Å². The molecule has 0 aliphatic carbocycles. The van der Waals surface area contributed by atoms with Gasteiger partial charge in [0.15, 0.2) is 16.8 Å². The van der Waals surface area contributed by atoms with Crippen LogP contribution in [0.3, 0.4) is 0 Å². The molecule has 1 aromatic carbocycles. The van der Waals surface area contributed by atoms with Crippen molar-refractivity contribution in [2.45, 2.75) is 37.7 Å². The zero-order valence-corrected chi connectivity index (χ0v) is 16.8. The Balaban J connectivity index is 1.63. The first-order chi connectivity index (χ1) is 13.6. The minimum Gasteiger partial charge on any atom is -0.358 e. The van der Waals surface area contributed by atoms with E-state index in [1.807, 2.05) is 54.8 Å². The van der Waals surface area contributed by atoms with Crippen LogP contribution in [0.4, 0.5) is 0 Å². The van der Waals surface area contributed by atoms with Crippen molar-refractivity contribution in [3.8, 4) is 11.4 Å². The van der Waals surface area contributed by atoms with Crippen molar-refractivity contribution in [1.82, 2.24) is 24.7 Å². The van der Waals surface area contributed by atoms with E-state index in [1.165, 1.54) is 11.8 Å². The fraction of sp³-hybridized carbons (Fsp3) is 0.238. The van der Waals surface area contributed by atoms with Crippen LogP contribution < -0.4 is 0 Å². The van der Waals surface area contributed by atoms with Crippen LogP contribution in [0.1, 0.15) is 29.9 Å². The van der Waals surface area contributed by atoms with Crippen LogP contribution in [0.2, 0.25) is 0 Å². The van der Waals surface area contributed by atoms with Gasteiger partial charge in [-0.05, 0) is 39.0 Å². The SMILES string of the molecule is CCn1c(S[C@H](C)C(=O)c2c(C)[nH]c3ccccc23)nnc1-c1ccncc1. The first-order valence-electron chi connectivity index (χ1n) is 9.22. The lowest BCUT2D eigenvalue weighted by atomic mass is 10.1. The maximum absolute atomic E-state index is 13.2. The van der Waals surface area contributed by atoms with Gasteiger partial charge >= 0.3 is 0 Å². The van der Waals surface area contributed by atoms with Crippen molar-refractivity contribution in [1.29, 1.82) is 0 Å². The van der Waals surface area contributed by atoms with Crippen molar-refractivity contribution >= 4 is 28.4 Å². The normalized spacial score (nSPS) is 12.4. The van der Waals surface area contributed by atoms with Crippen molar-refractivity contribution in [3.05, 3.63) is 60.0 Å². The standard InChI is InChI=1S/C21H21N5OS/c1-4-26-20(15-9-11-22-12-10-15)24-25-21(26)28-14(3)19(27)18-13(2)23-17-8-6-5-7-16(17)18/h5-12,14,23H,4H2,1-3H3/t14-/m1/s1. The van der Waals surface area contributed by atoms with Crippen LogP contribution in [0.5, 0.6) is 0 Å². The van der Waals surface area contributed by atoms with Crippen molar-refractivity contribution in [2.24, 2.45) is 0 Å². The van der Waals surface area contributed by atoms with Crippen LogP contribution in [0.15, 0.2) is 53.9 Å². The number of para-hydroxylation sites is 1. The third-order valence-corrected chi connectivity index (χ3v) is 5.84. The van der Waals surface area contributed by atoms with E-state index in [0.717, 1.165) is 45.2 Å². The monoisotopic (exact) mass is 391 g/mol. The van der Waals surface area contributed by atoms with Gasteiger partial charge in [0.25, 0.3) is 0 Å². The van der Waals surface area contributed by atoms with E-state index in [1.54, 1.807) is 12.4 Å². The molecule has 4 aromatic rings. The lowest BCUT2D eigenvalue weighted by Gasteiger charge is -2.12. The molecule has 0 spiro atoms. The van der Waals surface area contributed by atoms with Crippen LogP contribution in [0.25, 0.3) is 22.3 Å². The second-order valence-electron chi connectivity index (χ2n) is 6.58.